The highest BCUT2D eigenvalue weighted by molar-refractivity contribution is 7.92. The van der Waals surface area contributed by atoms with E-state index in [2.05, 4.69) is 4.72 Å². The van der Waals surface area contributed by atoms with Crippen molar-refractivity contribution in [2.24, 2.45) is 0 Å². The summed E-state index contributed by atoms with van der Waals surface area (Å²) in [7, 11) is -2.12. The molecule has 7 heteroatoms. The summed E-state index contributed by atoms with van der Waals surface area (Å²) >= 11 is 0. The molecular formula is C16H17NO5S. The zero-order valence-electron chi connectivity index (χ0n) is 12.8. The first-order valence-electron chi connectivity index (χ1n) is 7.13. The van der Waals surface area contributed by atoms with Crippen molar-refractivity contribution >= 4 is 15.7 Å². The smallest absolute Gasteiger partial charge is 0.262 e. The predicted octanol–water partition coefficient (Wildman–Crippen LogP) is 2.79. The van der Waals surface area contributed by atoms with E-state index in [4.69, 9.17) is 14.2 Å². The predicted molar refractivity (Wildman–Crippen MR) is 85.7 cm³/mol. The summed E-state index contributed by atoms with van der Waals surface area (Å²) < 4.78 is 43.3. The second-order valence-electron chi connectivity index (χ2n) is 5.00. The Bertz CT molecular complexity index is 832. The van der Waals surface area contributed by atoms with Crippen LogP contribution in [0.15, 0.2) is 41.3 Å². The van der Waals surface area contributed by atoms with Crippen molar-refractivity contribution in [1.82, 2.24) is 0 Å². The van der Waals surface area contributed by atoms with Crippen LogP contribution in [-0.2, 0) is 16.4 Å². The van der Waals surface area contributed by atoms with Crippen molar-refractivity contribution in [2.75, 3.05) is 18.6 Å². The van der Waals surface area contributed by atoms with Gasteiger partial charge in [0.2, 0.25) is 6.79 Å². The third kappa shape index (κ3) is 3.05. The number of hydrogen-bond acceptors (Lipinski definition) is 5. The zero-order chi connectivity index (χ0) is 16.4. The Labute approximate surface area is 135 Å². The van der Waals surface area contributed by atoms with Gasteiger partial charge in [-0.1, -0.05) is 6.92 Å². The molecule has 0 amide bonds. The SMILES string of the molecule is CCc1cc(NS(=O)(=O)c2ccc3c(c2)OCO3)ccc1OC. The van der Waals surface area contributed by atoms with E-state index in [0.29, 0.717) is 17.2 Å². The van der Waals surface area contributed by atoms with Gasteiger partial charge in [-0.3, -0.25) is 4.72 Å². The molecule has 0 saturated carbocycles. The minimum atomic E-state index is -3.71. The maximum absolute atomic E-state index is 12.5. The molecule has 0 radical (unpaired) electrons. The molecule has 0 saturated heterocycles. The Morgan fingerprint density at radius 2 is 1.91 bits per heavy atom. The van der Waals surface area contributed by atoms with Crippen LogP contribution in [0.25, 0.3) is 0 Å². The Morgan fingerprint density at radius 1 is 1.13 bits per heavy atom. The fourth-order valence-corrected chi connectivity index (χ4v) is 3.44. The van der Waals surface area contributed by atoms with Crippen LogP contribution in [-0.4, -0.2) is 22.3 Å². The second-order valence-corrected chi connectivity index (χ2v) is 6.68. The highest BCUT2D eigenvalue weighted by Gasteiger charge is 2.20. The van der Waals surface area contributed by atoms with E-state index in [9.17, 15) is 8.42 Å². The number of methoxy groups -OCH3 is 1. The fourth-order valence-electron chi connectivity index (χ4n) is 2.38. The lowest BCUT2D eigenvalue weighted by atomic mass is 10.1. The maximum Gasteiger partial charge on any atom is 0.262 e. The van der Waals surface area contributed by atoms with Crippen molar-refractivity contribution in [3.05, 3.63) is 42.0 Å². The lowest BCUT2D eigenvalue weighted by molar-refractivity contribution is 0.174. The summed E-state index contributed by atoms with van der Waals surface area (Å²) in [6, 6.07) is 9.71. The standard InChI is InChI=1S/C16H17NO5S/c1-3-11-8-12(4-6-14(11)20-2)17-23(18,19)13-5-7-15-16(9-13)22-10-21-15/h4-9,17H,3,10H2,1-2H3. The topological polar surface area (TPSA) is 73.9 Å². The van der Waals surface area contributed by atoms with Crippen molar-refractivity contribution in [3.63, 3.8) is 0 Å². The van der Waals surface area contributed by atoms with Gasteiger partial charge in [-0.2, -0.15) is 0 Å². The first-order valence-corrected chi connectivity index (χ1v) is 8.61. The molecule has 0 aliphatic carbocycles. The molecule has 1 N–H and O–H groups in total. The quantitative estimate of drug-likeness (QED) is 0.909. The number of aryl methyl sites for hydroxylation is 1. The molecule has 0 aromatic heterocycles. The molecule has 0 atom stereocenters. The Morgan fingerprint density at radius 3 is 2.65 bits per heavy atom. The lowest BCUT2D eigenvalue weighted by Gasteiger charge is -2.12. The van der Waals surface area contributed by atoms with Crippen LogP contribution in [0.2, 0.25) is 0 Å². The number of ether oxygens (including phenoxy) is 3. The van der Waals surface area contributed by atoms with Crippen molar-refractivity contribution < 1.29 is 22.6 Å². The highest BCUT2D eigenvalue weighted by Crippen LogP contribution is 2.34. The fraction of sp³-hybridized carbons (Fsp3) is 0.250. The average Bonchev–Trinajstić information content (AvgIpc) is 3.02. The molecular weight excluding hydrogens is 318 g/mol. The van der Waals surface area contributed by atoms with Gasteiger partial charge in [0.1, 0.15) is 5.75 Å². The maximum atomic E-state index is 12.5. The summed E-state index contributed by atoms with van der Waals surface area (Å²) in [6.07, 6.45) is 0.739. The number of fused-ring (bicyclic) bond motifs is 1. The molecule has 1 aliphatic heterocycles. The normalized spacial score (nSPS) is 13.0. The van der Waals surface area contributed by atoms with E-state index in [-0.39, 0.29) is 11.7 Å². The van der Waals surface area contributed by atoms with Gasteiger partial charge in [-0.25, -0.2) is 8.42 Å². The van der Waals surface area contributed by atoms with Crippen LogP contribution in [0.4, 0.5) is 5.69 Å². The lowest BCUT2D eigenvalue weighted by Crippen LogP contribution is -2.13. The van der Waals surface area contributed by atoms with E-state index in [1.165, 1.54) is 12.1 Å². The molecule has 1 aliphatic rings. The van der Waals surface area contributed by atoms with Crippen LogP contribution in [0, 0.1) is 0 Å². The first-order chi connectivity index (χ1) is 11.0. The molecule has 2 aromatic rings. The van der Waals surface area contributed by atoms with E-state index >= 15 is 0 Å². The van der Waals surface area contributed by atoms with Crippen molar-refractivity contribution in [3.8, 4) is 17.2 Å². The number of sulfonamides is 1. The average molecular weight is 335 g/mol. The molecule has 0 unspecified atom stereocenters. The Kier molecular flexibility index (Phi) is 4.04. The van der Waals surface area contributed by atoms with E-state index in [1.54, 1.807) is 31.4 Å². The Balaban J connectivity index is 1.89. The van der Waals surface area contributed by atoms with Gasteiger partial charge in [0.15, 0.2) is 11.5 Å². The number of nitrogens with one attached hydrogen (secondary N) is 1. The molecule has 2 aromatic carbocycles. The van der Waals surface area contributed by atoms with Gasteiger partial charge < -0.3 is 14.2 Å². The number of rotatable bonds is 5. The van der Waals surface area contributed by atoms with Gasteiger partial charge in [-0.15, -0.1) is 0 Å². The summed E-state index contributed by atoms with van der Waals surface area (Å²) in [6.45, 7) is 2.08. The highest BCUT2D eigenvalue weighted by atomic mass is 32.2. The molecule has 3 rings (SSSR count). The van der Waals surface area contributed by atoms with Crippen LogP contribution < -0.4 is 18.9 Å². The summed E-state index contributed by atoms with van der Waals surface area (Å²) in [5.74, 6) is 1.71. The molecule has 23 heavy (non-hydrogen) atoms. The Hall–Kier alpha value is -2.41. The third-order valence-corrected chi connectivity index (χ3v) is 4.95. The van der Waals surface area contributed by atoms with Crippen molar-refractivity contribution in [2.45, 2.75) is 18.2 Å². The number of benzene rings is 2. The van der Waals surface area contributed by atoms with Gasteiger partial charge in [-0.05, 0) is 42.3 Å². The number of anilines is 1. The van der Waals surface area contributed by atoms with E-state index < -0.39 is 10.0 Å². The molecule has 6 nitrogen and oxygen atoms in total. The molecule has 0 spiro atoms. The zero-order valence-corrected chi connectivity index (χ0v) is 13.6. The minimum Gasteiger partial charge on any atom is -0.496 e. The van der Waals surface area contributed by atoms with Crippen LogP contribution >= 0.6 is 0 Å². The van der Waals surface area contributed by atoms with Crippen LogP contribution in [0.1, 0.15) is 12.5 Å². The molecule has 0 fully saturated rings. The number of hydrogen-bond donors (Lipinski definition) is 1. The molecule has 122 valence electrons. The summed E-state index contributed by atoms with van der Waals surface area (Å²) in [4.78, 5) is 0.121. The summed E-state index contributed by atoms with van der Waals surface area (Å²) in [5, 5.41) is 0. The summed E-state index contributed by atoms with van der Waals surface area (Å²) in [5.41, 5.74) is 1.42. The van der Waals surface area contributed by atoms with Crippen LogP contribution in [0.5, 0.6) is 17.2 Å². The second kappa shape index (κ2) is 6.00. The monoisotopic (exact) mass is 335 g/mol. The van der Waals surface area contributed by atoms with Crippen molar-refractivity contribution in [1.29, 1.82) is 0 Å². The van der Waals surface area contributed by atoms with Gasteiger partial charge in [0.05, 0.1) is 12.0 Å². The van der Waals surface area contributed by atoms with Gasteiger partial charge in [0.25, 0.3) is 10.0 Å². The van der Waals surface area contributed by atoms with Crippen LogP contribution in [0.3, 0.4) is 0 Å². The third-order valence-electron chi connectivity index (χ3n) is 3.57. The van der Waals surface area contributed by atoms with Gasteiger partial charge >= 0.3 is 0 Å². The largest absolute Gasteiger partial charge is 0.496 e. The minimum absolute atomic E-state index is 0.102. The molecule has 1 heterocycles. The van der Waals surface area contributed by atoms with E-state index in [0.717, 1.165) is 17.7 Å². The molecule has 0 bridgehead atoms. The first kappa shape index (κ1) is 15.5. The van der Waals surface area contributed by atoms with Gasteiger partial charge in [0, 0.05) is 11.8 Å². The van der Waals surface area contributed by atoms with E-state index in [1.807, 2.05) is 6.92 Å².